The van der Waals surface area contributed by atoms with E-state index in [2.05, 4.69) is 55.9 Å². The highest BCUT2D eigenvalue weighted by atomic mass is 79.9. The molecule has 0 aliphatic carbocycles. The number of ether oxygens (including phenoxy) is 1. The van der Waals surface area contributed by atoms with Gasteiger partial charge < -0.3 is 9.30 Å². The van der Waals surface area contributed by atoms with E-state index in [0.717, 1.165) is 43.9 Å². The Hall–Kier alpha value is -0.840. The number of hydrogen-bond acceptors (Lipinski definition) is 2. The Balaban J connectivity index is 1.70. The van der Waals surface area contributed by atoms with E-state index in [4.69, 9.17) is 4.74 Å². The lowest BCUT2D eigenvalue weighted by Gasteiger charge is -2.26. The quantitative estimate of drug-likeness (QED) is 0.867. The Morgan fingerprint density at radius 3 is 2.78 bits per heavy atom. The first-order valence-corrected chi connectivity index (χ1v) is 7.17. The van der Waals surface area contributed by atoms with Crippen LogP contribution in [-0.4, -0.2) is 42.3 Å². The van der Waals surface area contributed by atoms with E-state index in [0.29, 0.717) is 0 Å². The van der Waals surface area contributed by atoms with Crippen LogP contribution in [0.15, 0.2) is 34.9 Å². The van der Waals surface area contributed by atoms with Gasteiger partial charge in [0, 0.05) is 47.8 Å². The minimum Gasteiger partial charge on any atom is -0.379 e. The summed E-state index contributed by atoms with van der Waals surface area (Å²) in [6.07, 6.45) is 2.18. The molecule has 0 spiro atoms. The molecule has 1 aromatic heterocycles. The van der Waals surface area contributed by atoms with E-state index >= 15 is 0 Å². The fourth-order valence-electron chi connectivity index (χ4n) is 2.44. The van der Waals surface area contributed by atoms with Gasteiger partial charge in [-0.3, -0.25) is 4.90 Å². The van der Waals surface area contributed by atoms with Crippen molar-refractivity contribution in [3.63, 3.8) is 0 Å². The number of fused-ring (bicyclic) bond motifs is 1. The van der Waals surface area contributed by atoms with Crippen molar-refractivity contribution in [2.45, 2.75) is 6.54 Å². The molecule has 0 N–H and O–H groups in total. The summed E-state index contributed by atoms with van der Waals surface area (Å²) in [4.78, 5) is 2.47. The maximum absolute atomic E-state index is 5.37. The van der Waals surface area contributed by atoms with Crippen molar-refractivity contribution in [2.75, 3.05) is 32.8 Å². The molecule has 0 radical (unpaired) electrons. The lowest BCUT2D eigenvalue weighted by atomic mass is 10.2. The average Bonchev–Trinajstić information content (AvgIpc) is 2.80. The standard InChI is InChI=1S/C14H17BrN2O/c15-13-1-2-14-12(11-13)3-4-17(14)6-5-16-7-9-18-10-8-16/h1-4,11H,5-10H2. The number of morpholine rings is 1. The highest BCUT2D eigenvalue weighted by Gasteiger charge is 2.10. The average molecular weight is 309 g/mol. The number of aromatic nitrogens is 1. The SMILES string of the molecule is Brc1ccc2c(ccn2CCN2CCOCC2)c1. The van der Waals surface area contributed by atoms with Gasteiger partial charge >= 0.3 is 0 Å². The Kier molecular flexibility index (Phi) is 3.68. The normalized spacial score (nSPS) is 17.4. The number of hydrogen-bond donors (Lipinski definition) is 0. The van der Waals surface area contributed by atoms with Gasteiger partial charge in [0.2, 0.25) is 0 Å². The lowest BCUT2D eigenvalue weighted by Crippen LogP contribution is -2.38. The van der Waals surface area contributed by atoms with Gasteiger partial charge in [-0.1, -0.05) is 15.9 Å². The molecular weight excluding hydrogens is 292 g/mol. The largest absolute Gasteiger partial charge is 0.379 e. The third kappa shape index (κ3) is 2.60. The predicted molar refractivity (Wildman–Crippen MR) is 76.9 cm³/mol. The molecule has 1 fully saturated rings. The van der Waals surface area contributed by atoms with Gasteiger partial charge in [0.1, 0.15) is 0 Å². The molecule has 3 nitrogen and oxygen atoms in total. The number of benzene rings is 1. The van der Waals surface area contributed by atoms with Crippen molar-refractivity contribution < 1.29 is 4.74 Å². The van der Waals surface area contributed by atoms with E-state index in [1.54, 1.807) is 0 Å². The van der Waals surface area contributed by atoms with Gasteiger partial charge in [0.05, 0.1) is 13.2 Å². The molecule has 1 aliphatic rings. The topological polar surface area (TPSA) is 17.4 Å². The minimum absolute atomic E-state index is 0.874. The van der Waals surface area contributed by atoms with Crippen molar-refractivity contribution in [3.05, 3.63) is 34.9 Å². The van der Waals surface area contributed by atoms with E-state index in [-0.39, 0.29) is 0 Å². The summed E-state index contributed by atoms with van der Waals surface area (Å²) >= 11 is 3.51. The van der Waals surface area contributed by atoms with Gasteiger partial charge in [0.15, 0.2) is 0 Å². The third-order valence-electron chi connectivity index (χ3n) is 3.49. The zero-order valence-corrected chi connectivity index (χ0v) is 11.9. The van der Waals surface area contributed by atoms with Gasteiger partial charge in [-0.2, -0.15) is 0 Å². The van der Waals surface area contributed by atoms with Crippen molar-refractivity contribution in [1.82, 2.24) is 9.47 Å². The Morgan fingerprint density at radius 2 is 1.94 bits per heavy atom. The second-order valence-electron chi connectivity index (χ2n) is 4.67. The smallest absolute Gasteiger partial charge is 0.0594 e. The molecule has 1 aromatic carbocycles. The van der Waals surface area contributed by atoms with Crippen molar-refractivity contribution in [1.29, 1.82) is 0 Å². The Labute approximate surface area is 115 Å². The third-order valence-corrected chi connectivity index (χ3v) is 3.99. The van der Waals surface area contributed by atoms with Crippen LogP contribution in [0.1, 0.15) is 0 Å². The summed E-state index contributed by atoms with van der Waals surface area (Å²) < 4.78 is 8.84. The predicted octanol–water partition coefficient (Wildman–Crippen LogP) is 2.74. The van der Waals surface area contributed by atoms with Gasteiger partial charge in [-0.25, -0.2) is 0 Å². The van der Waals surface area contributed by atoms with Crippen molar-refractivity contribution >= 4 is 26.8 Å². The first kappa shape index (κ1) is 12.2. The molecule has 2 aromatic rings. The first-order chi connectivity index (χ1) is 8.83. The molecule has 1 saturated heterocycles. The minimum atomic E-state index is 0.874. The van der Waals surface area contributed by atoms with Crippen LogP contribution in [0, 0.1) is 0 Å². The van der Waals surface area contributed by atoms with Crippen LogP contribution in [0.4, 0.5) is 0 Å². The highest BCUT2D eigenvalue weighted by Crippen LogP contribution is 2.20. The second-order valence-corrected chi connectivity index (χ2v) is 5.58. The summed E-state index contributed by atoms with van der Waals surface area (Å²) in [5.74, 6) is 0. The monoisotopic (exact) mass is 308 g/mol. The lowest BCUT2D eigenvalue weighted by molar-refractivity contribution is 0.0365. The van der Waals surface area contributed by atoms with Crippen LogP contribution >= 0.6 is 15.9 Å². The number of nitrogens with zero attached hydrogens (tertiary/aromatic N) is 2. The summed E-state index contributed by atoms with van der Waals surface area (Å²) in [6, 6.07) is 8.63. The molecule has 0 unspecified atom stereocenters. The van der Waals surface area contributed by atoms with Crippen molar-refractivity contribution in [3.8, 4) is 0 Å². The van der Waals surface area contributed by atoms with E-state index in [1.807, 2.05) is 0 Å². The fraction of sp³-hybridized carbons (Fsp3) is 0.429. The van der Waals surface area contributed by atoms with Crippen LogP contribution in [0.3, 0.4) is 0 Å². The molecule has 0 saturated carbocycles. The summed E-state index contributed by atoms with van der Waals surface area (Å²) in [7, 11) is 0. The maximum Gasteiger partial charge on any atom is 0.0594 e. The zero-order valence-electron chi connectivity index (χ0n) is 10.3. The summed E-state index contributed by atoms with van der Waals surface area (Å²) in [5, 5.41) is 1.30. The zero-order chi connectivity index (χ0) is 12.4. The molecule has 0 bridgehead atoms. The summed E-state index contributed by atoms with van der Waals surface area (Å²) in [6.45, 7) is 6.02. The molecule has 18 heavy (non-hydrogen) atoms. The number of rotatable bonds is 3. The first-order valence-electron chi connectivity index (χ1n) is 6.37. The number of halogens is 1. The van der Waals surface area contributed by atoms with Crippen LogP contribution in [0.5, 0.6) is 0 Å². The summed E-state index contributed by atoms with van der Waals surface area (Å²) in [5.41, 5.74) is 1.31. The van der Waals surface area contributed by atoms with Crippen LogP contribution in [0.25, 0.3) is 10.9 Å². The Morgan fingerprint density at radius 1 is 1.11 bits per heavy atom. The Bertz CT molecular complexity index is 532. The van der Waals surface area contributed by atoms with Crippen LogP contribution < -0.4 is 0 Å². The molecular formula is C14H17BrN2O. The van der Waals surface area contributed by atoms with E-state index in [1.165, 1.54) is 10.9 Å². The second kappa shape index (κ2) is 5.43. The van der Waals surface area contributed by atoms with Gasteiger partial charge in [-0.05, 0) is 24.3 Å². The highest BCUT2D eigenvalue weighted by molar-refractivity contribution is 9.10. The van der Waals surface area contributed by atoms with Gasteiger partial charge in [0.25, 0.3) is 0 Å². The van der Waals surface area contributed by atoms with Gasteiger partial charge in [-0.15, -0.1) is 0 Å². The fourth-order valence-corrected chi connectivity index (χ4v) is 2.82. The molecule has 2 heterocycles. The molecule has 0 atom stereocenters. The molecule has 3 rings (SSSR count). The van der Waals surface area contributed by atoms with Crippen molar-refractivity contribution in [2.24, 2.45) is 0 Å². The molecule has 96 valence electrons. The molecule has 0 amide bonds. The maximum atomic E-state index is 5.37. The van der Waals surface area contributed by atoms with Crippen LogP contribution in [0.2, 0.25) is 0 Å². The van der Waals surface area contributed by atoms with E-state index in [9.17, 15) is 0 Å². The van der Waals surface area contributed by atoms with E-state index < -0.39 is 0 Å². The molecule has 4 heteroatoms. The van der Waals surface area contributed by atoms with Crippen LogP contribution in [-0.2, 0) is 11.3 Å². The molecule has 1 aliphatic heterocycles.